The zero-order valence-electron chi connectivity index (χ0n) is 20.7. The van der Waals surface area contributed by atoms with E-state index in [9.17, 15) is 40.4 Å². The van der Waals surface area contributed by atoms with E-state index in [-0.39, 0.29) is 34.5 Å². The Bertz CT molecular complexity index is 1520. The van der Waals surface area contributed by atoms with Crippen molar-refractivity contribution in [1.29, 1.82) is 0 Å². The van der Waals surface area contributed by atoms with Gasteiger partial charge in [0.2, 0.25) is 10.0 Å². The number of carbonyl (C=O) groups excluding carboxylic acids is 3. The number of alkyl halides is 3. The lowest BCUT2D eigenvalue weighted by Gasteiger charge is -2.27. The number of nitrogens with zero attached hydrogens (tertiary/aromatic N) is 2. The number of aromatic nitrogens is 1. The second kappa shape index (κ2) is 10.4. The third-order valence-corrected chi connectivity index (χ3v) is 8.88. The van der Waals surface area contributed by atoms with Crippen LogP contribution in [0.4, 0.5) is 23.2 Å². The summed E-state index contributed by atoms with van der Waals surface area (Å²) in [6.45, 7) is -0.346. The monoisotopic (exact) mass is 629 g/mol. The van der Waals surface area contributed by atoms with E-state index in [0.717, 1.165) is 21.6 Å². The molecule has 0 radical (unpaired) electrons. The molecule has 0 unspecified atom stereocenters. The first-order chi connectivity index (χ1) is 18.5. The van der Waals surface area contributed by atoms with Gasteiger partial charge in [0.15, 0.2) is 16.3 Å². The Hall–Kier alpha value is -3.08. The number of sulfonamides is 1. The van der Waals surface area contributed by atoms with Crippen LogP contribution in [0.3, 0.4) is 0 Å². The van der Waals surface area contributed by atoms with Crippen LogP contribution in [-0.2, 0) is 26.7 Å². The number of hydrogen-bond donors (Lipinski definition) is 3. The molecule has 0 bridgehead atoms. The number of amides is 3. The van der Waals surface area contributed by atoms with E-state index in [1.165, 1.54) is 13.1 Å². The number of fused-ring (bicyclic) bond motifs is 1. The van der Waals surface area contributed by atoms with Crippen molar-refractivity contribution < 1.29 is 45.1 Å². The van der Waals surface area contributed by atoms with Crippen molar-refractivity contribution in [3.63, 3.8) is 0 Å². The number of halogens is 6. The first-order valence-electron chi connectivity index (χ1n) is 11.4. The number of rotatable bonds is 3. The highest BCUT2D eigenvalue weighted by Gasteiger charge is 2.50. The molecule has 1 saturated heterocycles. The quantitative estimate of drug-likeness (QED) is 0.352. The largest absolute Gasteiger partial charge is 0.488 e. The van der Waals surface area contributed by atoms with Crippen LogP contribution in [0.5, 0.6) is 5.75 Å². The number of likely N-dealkylation sites (tertiary alicyclic amines) is 1. The number of carbonyl (C=O) groups is 3. The zero-order chi connectivity index (χ0) is 29.8. The minimum Gasteiger partial charge on any atom is -0.488 e. The van der Waals surface area contributed by atoms with Crippen LogP contribution < -0.4 is 20.1 Å². The molecule has 218 valence electrons. The van der Waals surface area contributed by atoms with E-state index < -0.39 is 75.1 Å². The lowest BCUT2D eigenvalue weighted by molar-refractivity contribution is -0.162. The van der Waals surface area contributed by atoms with Crippen molar-refractivity contribution in [3.8, 4) is 5.75 Å². The maximum Gasteiger partial charge on any atom is 0.408 e. The van der Waals surface area contributed by atoms with Gasteiger partial charge in [0, 0.05) is 25.8 Å². The molecule has 0 aliphatic carbocycles. The van der Waals surface area contributed by atoms with Crippen molar-refractivity contribution in [2.45, 2.75) is 36.0 Å². The minimum absolute atomic E-state index is 0.0658. The van der Waals surface area contributed by atoms with Crippen LogP contribution in [0.2, 0.25) is 10.2 Å². The predicted octanol–water partition coefficient (Wildman–Crippen LogP) is 2.43. The summed E-state index contributed by atoms with van der Waals surface area (Å²) in [6.07, 6.45) is -4.84. The topological polar surface area (TPSA) is 139 Å². The summed E-state index contributed by atoms with van der Waals surface area (Å²) in [4.78, 5) is 38.1. The summed E-state index contributed by atoms with van der Waals surface area (Å²) >= 11 is 12.0. The first kappa shape index (κ1) is 29.9. The molecule has 40 heavy (non-hydrogen) atoms. The summed E-state index contributed by atoms with van der Waals surface area (Å²) in [5.74, 6) is -4.78. The molecular formula is C22H21Cl2F4N5O6S. The maximum atomic E-state index is 13.5. The second-order valence-electron chi connectivity index (χ2n) is 9.33. The van der Waals surface area contributed by atoms with Crippen molar-refractivity contribution >= 4 is 56.6 Å². The van der Waals surface area contributed by atoms with Crippen molar-refractivity contribution in [2.75, 3.05) is 25.0 Å². The van der Waals surface area contributed by atoms with Gasteiger partial charge in [0.1, 0.15) is 23.6 Å². The molecule has 18 heteroatoms. The maximum absolute atomic E-state index is 13.5. The van der Waals surface area contributed by atoms with E-state index in [0.29, 0.717) is 6.92 Å². The molecule has 2 aliphatic rings. The molecular weight excluding hydrogens is 609 g/mol. The molecule has 3 amide bonds. The molecule has 2 aromatic rings. The average molecular weight is 630 g/mol. The van der Waals surface area contributed by atoms with Gasteiger partial charge >= 0.3 is 18.0 Å². The fourth-order valence-corrected chi connectivity index (χ4v) is 6.61. The summed E-state index contributed by atoms with van der Waals surface area (Å²) < 4.78 is 87.9. The van der Waals surface area contributed by atoms with E-state index in [1.807, 2.05) is 0 Å². The third kappa shape index (κ3) is 5.57. The fourth-order valence-electron chi connectivity index (χ4n) is 4.30. The van der Waals surface area contributed by atoms with Gasteiger partial charge < -0.3 is 24.8 Å². The number of nitrogens with one attached hydrogen (secondary N) is 3. The van der Waals surface area contributed by atoms with E-state index in [1.54, 1.807) is 5.32 Å². The van der Waals surface area contributed by atoms with Gasteiger partial charge in [0.05, 0.1) is 10.6 Å². The molecule has 1 spiro atoms. The van der Waals surface area contributed by atoms with Crippen LogP contribution in [0.25, 0.3) is 0 Å². The zero-order valence-corrected chi connectivity index (χ0v) is 23.0. The Balaban J connectivity index is 1.58. The Morgan fingerprint density at radius 3 is 2.52 bits per heavy atom. The molecule has 0 saturated carbocycles. The van der Waals surface area contributed by atoms with Gasteiger partial charge in [-0.15, -0.1) is 0 Å². The lowest BCUT2D eigenvalue weighted by Crippen LogP contribution is -2.55. The molecule has 2 aliphatic heterocycles. The van der Waals surface area contributed by atoms with Gasteiger partial charge in [-0.3, -0.25) is 14.4 Å². The van der Waals surface area contributed by atoms with Crippen molar-refractivity contribution in [3.05, 3.63) is 39.9 Å². The SMILES string of the molecule is C[C@@H](NC(=O)C(=O)N1CC[C@@]2(COc3c(c(Cl)n(C)c3C(=O)Nc3ccc(F)c(Cl)c3)S(=O)(=O)N2)C1)C(F)(F)F. The fraction of sp³-hybridized carbons (Fsp3) is 0.409. The number of benzene rings is 1. The molecule has 3 heterocycles. The highest BCUT2D eigenvalue weighted by atomic mass is 35.5. The number of hydrogen-bond acceptors (Lipinski definition) is 6. The van der Waals surface area contributed by atoms with Crippen LogP contribution in [-0.4, -0.2) is 73.1 Å². The smallest absolute Gasteiger partial charge is 0.408 e. The Kier molecular flexibility index (Phi) is 7.77. The van der Waals surface area contributed by atoms with Crippen molar-refractivity contribution in [1.82, 2.24) is 19.5 Å². The minimum atomic E-state index is -4.77. The summed E-state index contributed by atoms with van der Waals surface area (Å²) in [5.41, 5.74) is -1.69. The second-order valence-corrected chi connectivity index (χ2v) is 11.7. The van der Waals surface area contributed by atoms with E-state index in [4.69, 9.17) is 27.9 Å². The molecule has 1 aromatic heterocycles. The van der Waals surface area contributed by atoms with Gasteiger partial charge in [-0.2, -0.15) is 17.9 Å². The Morgan fingerprint density at radius 2 is 1.90 bits per heavy atom. The number of anilines is 1. The Labute approximate surface area is 234 Å². The van der Waals surface area contributed by atoms with E-state index in [2.05, 4.69) is 10.0 Å². The summed E-state index contributed by atoms with van der Waals surface area (Å²) in [6, 6.07) is 1.10. The van der Waals surface area contributed by atoms with E-state index >= 15 is 0 Å². The Morgan fingerprint density at radius 1 is 1.23 bits per heavy atom. The van der Waals surface area contributed by atoms with Gasteiger partial charge in [0.25, 0.3) is 5.91 Å². The van der Waals surface area contributed by atoms with Crippen LogP contribution >= 0.6 is 23.2 Å². The highest BCUT2D eigenvalue weighted by Crippen LogP contribution is 2.41. The van der Waals surface area contributed by atoms with Gasteiger partial charge in [-0.1, -0.05) is 23.2 Å². The molecule has 2 atom stereocenters. The highest BCUT2D eigenvalue weighted by molar-refractivity contribution is 7.89. The normalized spacial score (nSPS) is 20.9. The van der Waals surface area contributed by atoms with Gasteiger partial charge in [-0.05, 0) is 31.5 Å². The molecule has 1 fully saturated rings. The molecule has 3 N–H and O–H groups in total. The lowest BCUT2D eigenvalue weighted by atomic mass is 10.0. The van der Waals surface area contributed by atoms with Crippen LogP contribution in [0.1, 0.15) is 23.8 Å². The summed E-state index contributed by atoms with van der Waals surface area (Å²) in [7, 11) is -3.18. The third-order valence-electron chi connectivity index (χ3n) is 6.42. The van der Waals surface area contributed by atoms with Crippen LogP contribution in [0.15, 0.2) is 23.1 Å². The van der Waals surface area contributed by atoms with Gasteiger partial charge in [-0.25, -0.2) is 12.8 Å². The molecule has 1 aromatic carbocycles. The predicted molar refractivity (Wildman–Crippen MR) is 133 cm³/mol. The molecule has 4 rings (SSSR count). The summed E-state index contributed by atoms with van der Waals surface area (Å²) in [5, 5.41) is 3.37. The number of ether oxygens (including phenoxy) is 1. The standard InChI is InChI=1S/C22H21Cl2F4N5O6S/c1-10(22(26,27)28)29-19(35)20(36)33-6-5-21(8-33)9-39-15-14(32(2)17(24)16(15)40(37,38)31-21)18(34)30-11-3-4-13(25)12(23)7-11/h3-4,7,10,31H,5-6,8-9H2,1-2H3,(H,29,35)(H,30,34)/t10-,21+/m1/s1. The first-order valence-corrected chi connectivity index (χ1v) is 13.7. The van der Waals surface area contributed by atoms with Crippen molar-refractivity contribution in [2.24, 2.45) is 7.05 Å². The van der Waals surface area contributed by atoms with Crippen LogP contribution in [0, 0.1) is 5.82 Å². The molecule has 11 nitrogen and oxygen atoms in total. The average Bonchev–Trinajstić information content (AvgIpc) is 3.33.